The number of aromatic hydroxyl groups is 1. The average molecular weight is 473 g/mol. The molecule has 0 radical (unpaired) electrons. The predicted octanol–water partition coefficient (Wildman–Crippen LogP) is 3.64. The molecule has 0 atom stereocenters. The van der Waals surface area contributed by atoms with E-state index in [4.69, 9.17) is 21.1 Å². The number of nitrogens with zero attached hydrogens (tertiary/aromatic N) is 2. The number of hydrogen-bond donors (Lipinski definition) is 2. The van der Waals surface area contributed by atoms with Gasteiger partial charge in [0.25, 0.3) is 5.91 Å². The second kappa shape index (κ2) is 9.90. The summed E-state index contributed by atoms with van der Waals surface area (Å²) in [5.41, 5.74) is 1.96. The van der Waals surface area contributed by atoms with Gasteiger partial charge in [-0.15, -0.1) is 0 Å². The molecule has 0 aliphatic carbocycles. The lowest BCUT2D eigenvalue weighted by Crippen LogP contribution is -2.24. The summed E-state index contributed by atoms with van der Waals surface area (Å²) < 4.78 is 11.1. The van der Waals surface area contributed by atoms with Crippen LogP contribution >= 0.6 is 27.5 Å². The summed E-state index contributed by atoms with van der Waals surface area (Å²) in [4.78, 5) is 22.1. The maximum Gasteiger partial charge on any atom is 0.315 e. The summed E-state index contributed by atoms with van der Waals surface area (Å²) in [7, 11) is 0. The minimum Gasteiger partial charge on any atom is -0.500 e. The van der Waals surface area contributed by atoms with Gasteiger partial charge in [0.15, 0.2) is 12.4 Å². The molecule has 0 aliphatic heterocycles. The Labute approximate surface area is 173 Å². The van der Waals surface area contributed by atoms with Gasteiger partial charge in [-0.05, 0) is 47.1 Å². The lowest BCUT2D eigenvalue weighted by molar-refractivity contribution is -0.386. The van der Waals surface area contributed by atoms with Crippen LogP contribution in [0.15, 0.2) is 39.9 Å². The summed E-state index contributed by atoms with van der Waals surface area (Å²) in [5.74, 6) is -0.745. The molecule has 0 unspecified atom stereocenters. The Balaban J connectivity index is 2.01. The maximum absolute atomic E-state index is 11.8. The number of hydrazone groups is 1. The number of nitrogens with one attached hydrogen (secondary N) is 1. The van der Waals surface area contributed by atoms with E-state index in [2.05, 4.69) is 26.5 Å². The highest BCUT2D eigenvalue weighted by molar-refractivity contribution is 9.10. The first-order valence-electron chi connectivity index (χ1n) is 7.85. The number of nitro groups is 1. The summed E-state index contributed by atoms with van der Waals surface area (Å²) in [6.45, 7) is 1.57. The molecule has 0 saturated carbocycles. The van der Waals surface area contributed by atoms with Crippen molar-refractivity contribution in [2.24, 2.45) is 5.10 Å². The van der Waals surface area contributed by atoms with Gasteiger partial charge in [-0.1, -0.05) is 11.6 Å². The molecule has 0 heterocycles. The van der Waals surface area contributed by atoms with Crippen LogP contribution in [0.2, 0.25) is 5.02 Å². The number of carbonyl (C=O) groups is 1. The fourth-order valence-electron chi connectivity index (χ4n) is 2.04. The van der Waals surface area contributed by atoms with Crippen molar-refractivity contribution in [2.45, 2.75) is 6.92 Å². The Bertz CT molecular complexity index is 922. The molecule has 0 saturated heterocycles. The van der Waals surface area contributed by atoms with Crippen molar-refractivity contribution in [3.63, 3.8) is 0 Å². The largest absolute Gasteiger partial charge is 0.500 e. The van der Waals surface area contributed by atoms with Crippen LogP contribution in [0.4, 0.5) is 5.69 Å². The Hall–Kier alpha value is -2.85. The minimum atomic E-state index is -0.744. The van der Waals surface area contributed by atoms with Crippen molar-refractivity contribution in [3.8, 4) is 17.2 Å². The number of rotatable bonds is 8. The molecule has 2 N–H and O–H groups in total. The molecule has 0 aliphatic rings. The van der Waals surface area contributed by atoms with Crippen molar-refractivity contribution in [2.75, 3.05) is 13.2 Å². The van der Waals surface area contributed by atoms with Gasteiger partial charge < -0.3 is 14.6 Å². The van der Waals surface area contributed by atoms with Crippen LogP contribution in [-0.2, 0) is 4.79 Å². The summed E-state index contributed by atoms with van der Waals surface area (Å²) >= 11 is 9.09. The zero-order valence-electron chi connectivity index (χ0n) is 14.5. The first kappa shape index (κ1) is 21.5. The van der Waals surface area contributed by atoms with Crippen molar-refractivity contribution in [1.82, 2.24) is 5.43 Å². The first-order chi connectivity index (χ1) is 13.3. The molecule has 0 spiro atoms. The first-order valence-corrected chi connectivity index (χ1v) is 9.02. The Kier molecular flexibility index (Phi) is 7.59. The van der Waals surface area contributed by atoms with Crippen molar-refractivity contribution in [1.29, 1.82) is 0 Å². The minimum absolute atomic E-state index is 0.0552. The number of benzene rings is 2. The normalized spacial score (nSPS) is 10.7. The van der Waals surface area contributed by atoms with Crippen LogP contribution in [0, 0.1) is 10.1 Å². The lowest BCUT2D eigenvalue weighted by atomic mass is 10.2. The Morgan fingerprint density at radius 1 is 1.36 bits per heavy atom. The van der Waals surface area contributed by atoms with E-state index < -0.39 is 22.3 Å². The van der Waals surface area contributed by atoms with Gasteiger partial charge in [-0.25, -0.2) is 5.43 Å². The van der Waals surface area contributed by atoms with Crippen LogP contribution in [0.3, 0.4) is 0 Å². The van der Waals surface area contributed by atoms with Crippen LogP contribution in [0.5, 0.6) is 17.2 Å². The summed E-state index contributed by atoms with van der Waals surface area (Å²) in [6.07, 6.45) is 1.19. The average Bonchev–Trinajstić information content (AvgIpc) is 2.63. The van der Waals surface area contributed by atoms with E-state index in [9.17, 15) is 20.0 Å². The van der Waals surface area contributed by atoms with Gasteiger partial charge in [0.1, 0.15) is 5.75 Å². The van der Waals surface area contributed by atoms with Gasteiger partial charge >= 0.3 is 5.69 Å². The fourth-order valence-corrected chi connectivity index (χ4v) is 2.84. The van der Waals surface area contributed by atoms with E-state index in [0.717, 1.165) is 6.07 Å². The lowest BCUT2D eigenvalue weighted by Gasteiger charge is -2.08. The highest BCUT2D eigenvalue weighted by Crippen LogP contribution is 2.36. The van der Waals surface area contributed by atoms with Crippen LogP contribution in [-0.4, -0.2) is 35.4 Å². The molecule has 2 aromatic rings. The van der Waals surface area contributed by atoms with Crippen LogP contribution in [0.25, 0.3) is 0 Å². The number of hydrogen-bond acceptors (Lipinski definition) is 7. The molecule has 2 rings (SSSR count). The topological polar surface area (TPSA) is 123 Å². The molecule has 9 nitrogen and oxygen atoms in total. The number of amides is 1. The molecule has 28 heavy (non-hydrogen) atoms. The van der Waals surface area contributed by atoms with Crippen molar-refractivity contribution in [3.05, 3.63) is 55.5 Å². The Morgan fingerprint density at radius 3 is 2.75 bits per heavy atom. The summed E-state index contributed by atoms with van der Waals surface area (Å²) in [5, 5.41) is 25.1. The Morgan fingerprint density at radius 2 is 2.11 bits per heavy atom. The number of nitro benzene ring substituents is 1. The third kappa shape index (κ3) is 5.83. The van der Waals surface area contributed by atoms with E-state index in [1.165, 1.54) is 12.3 Å². The monoisotopic (exact) mass is 471 g/mol. The molecule has 1 amide bonds. The highest BCUT2D eigenvalue weighted by Gasteiger charge is 2.19. The molecule has 11 heteroatoms. The standard InChI is InChI=1S/C17H15BrClN3O6/c1-2-27-15-6-10(5-13(17(15)24)22(25)26)8-20-21-16(23)9-28-14-4-3-11(19)7-12(14)18/h3-8,24H,2,9H2,1H3,(H,21,23)/b20-8+. The van der Waals surface area contributed by atoms with Gasteiger partial charge in [-0.2, -0.15) is 5.10 Å². The van der Waals surface area contributed by atoms with Crippen molar-refractivity contribution < 1.29 is 24.3 Å². The number of phenolic OH excluding ortho intramolecular Hbond substituents is 1. The molecule has 2 aromatic carbocycles. The third-order valence-corrected chi connectivity index (χ3v) is 4.08. The fraction of sp³-hybridized carbons (Fsp3) is 0.176. The molecule has 148 valence electrons. The second-order valence-electron chi connectivity index (χ2n) is 5.23. The zero-order chi connectivity index (χ0) is 20.7. The molecule has 0 bridgehead atoms. The van der Waals surface area contributed by atoms with E-state index in [-0.39, 0.29) is 24.5 Å². The number of ether oxygens (including phenoxy) is 2. The molecule has 0 aromatic heterocycles. The van der Waals surface area contributed by atoms with Crippen molar-refractivity contribution >= 4 is 45.3 Å². The van der Waals surface area contributed by atoms with E-state index in [1.54, 1.807) is 25.1 Å². The zero-order valence-corrected chi connectivity index (χ0v) is 16.9. The molecule has 0 fully saturated rings. The quantitative estimate of drug-likeness (QED) is 0.343. The SMILES string of the molecule is CCOc1cc(/C=N/NC(=O)COc2ccc(Cl)cc2Br)cc([N+](=O)[O-])c1O. The molecular formula is C17H15BrClN3O6. The summed E-state index contributed by atoms with van der Waals surface area (Å²) in [6, 6.07) is 7.32. The smallest absolute Gasteiger partial charge is 0.315 e. The van der Waals surface area contributed by atoms with Gasteiger partial charge in [0.05, 0.1) is 22.2 Å². The highest BCUT2D eigenvalue weighted by atomic mass is 79.9. The number of halogens is 2. The van der Waals surface area contributed by atoms with E-state index >= 15 is 0 Å². The number of carbonyl (C=O) groups excluding carboxylic acids is 1. The van der Waals surface area contributed by atoms with Gasteiger partial charge in [-0.3, -0.25) is 14.9 Å². The second-order valence-corrected chi connectivity index (χ2v) is 6.52. The van der Waals surface area contributed by atoms with Crippen LogP contribution in [0.1, 0.15) is 12.5 Å². The van der Waals surface area contributed by atoms with Crippen LogP contribution < -0.4 is 14.9 Å². The third-order valence-electron chi connectivity index (χ3n) is 3.23. The molecular weight excluding hydrogens is 458 g/mol. The van der Waals surface area contributed by atoms with E-state index in [1.807, 2.05) is 0 Å². The number of phenols is 1. The predicted molar refractivity (Wildman–Crippen MR) is 106 cm³/mol. The van der Waals surface area contributed by atoms with Gasteiger partial charge in [0, 0.05) is 16.7 Å². The van der Waals surface area contributed by atoms with E-state index in [0.29, 0.717) is 15.2 Å². The van der Waals surface area contributed by atoms with Gasteiger partial charge in [0.2, 0.25) is 5.75 Å². The maximum atomic E-state index is 11.8.